The molecule has 32 heavy (non-hydrogen) atoms. The number of nitrogens with one attached hydrogen (secondary N) is 1. The average molecular weight is 459 g/mol. The van der Waals surface area contributed by atoms with Crippen molar-refractivity contribution in [3.05, 3.63) is 105 Å². The van der Waals surface area contributed by atoms with Crippen molar-refractivity contribution in [2.45, 2.75) is 12.6 Å². The number of rotatable bonds is 5. The van der Waals surface area contributed by atoms with E-state index in [2.05, 4.69) is 5.32 Å². The predicted molar refractivity (Wildman–Crippen MR) is 114 cm³/mol. The van der Waals surface area contributed by atoms with Crippen LogP contribution in [0.3, 0.4) is 0 Å². The van der Waals surface area contributed by atoms with Crippen LogP contribution in [-0.4, -0.2) is 5.91 Å². The Morgan fingerprint density at radius 1 is 1.06 bits per heavy atom. The average Bonchev–Trinajstić information content (AvgIpc) is 2.73. The van der Waals surface area contributed by atoms with Crippen molar-refractivity contribution in [1.29, 1.82) is 5.26 Å². The maximum Gasteiger partial charge on any atom is 0.416 e. The fraction of sp³-hybridized carbons (Fsp3) is 0.0833. The molecule has 0 spiro atoms. The van der Waals surface area contributed by atoms with Gasteiger partial charge in [-0.15, -0.1) is 0 Å². The van der Waals surface area contributed by atoms with E-state index in [1.807, 2.05) is 0 Å². The van der Waals surface area contributed by atoms with E-state index in [0.29, 0.717) is 17.0 Å². The van der Waals surface area contributed by atoms with Gasteiger partial charge in [0, 0.05) is 10.7 Å². The first-order valence-corrected chi connectivity index (χ1v) is 9.67. The van der Waals surface area contributed by atoms with Gasteiger partial charge < -0.3 is 5.32 Å². The molecular formula is C24H15ClF4N2O. The van der Waals surface area contributed by atoms with Crippen molar-refractivity contribution < 1.29 is 22.4 Å². The van der Waals surface area contributed by atoms with Gasteiger partial charge in [0.1, 0.15) is 17.5 Å². The first kappa shape index (κ1) is 23.0. The van der Waals surface area contributed by atoms with Crippen molar-refractivity contribution >= 4 is 29.3 Å². The molecule has 0 radical (unpaired) electrons. The summed E-state index contributed by atoms with van der Waals surface area (Å²) in [4.78, 5) is 12.4. The molecule has 0 bridgehead atoms. The number of nitriles is 1. The second kappa shape index (κ2) is 9.67. The molecule has 162 valence electrons. The molecule has 8 heteroatoms. The summed E-state index contributed by atoms with van der Waals surface area (Å²) in [5.41, 5.74) is 0.590. The van der Waals surface area contributed by atoms with Crippen LogP contribution in [0.1, 0.15) is 22.3 Å². The van der Waals surface area contributed by atoms with Gasteiger partial charge in [-0.25, -0.2) is 4.39 Å². The van der Waals surface area contributed by atoms with Crippen LogP contribution in [0.2, 0.25) is 5.02 Å². The van der Waals surface area contributed by atoms with Gasteiger partial charge >= 0.3 is 6.18 Å². The van der Waals surface area contributed by atoms with E-state index in [4.69, 9.17) is 11.6 Å². The number of amides is 1. The molecule has 0 saturated heterocycles. The maximum absolute atomic E-state index is 13.4. The standard InChI is InChI=1S/C24H15ClF4N2O/c25-22-12-16(7-8-17(22)9-15-3-1-5-20(26)11-15)10-18(14-30)23(32)31-21-6-2-4-19(13-21)24(27,28)29/h1-8,10-13H,9H2,(H,31,32)/b18-10+. The molecule has 0 atom stereocenters. The van der Waals surface area contributed by atoms with Crippen LogP contribution in [0.5, 0.6) is 0 Å². The first-order chi connectivity index (χ1) is 15.2. The van der Waals surface area contributed by atoms with Crippen LogP contribution in [0.25, 0.3) is 6.08 Å². The number of carbonyl (C=O) groups excluding carboxylic acids is 1. The Hall–Kier alpha value is -3.63. The van der Waals surface area contributed by atoms with Gasteiger partial charge in [0.2, 0.25) is 0 Å². The van der Waals surface area contributed by atoms with Crippen molar-refractivity contribution in [3.8, 4) is 6.07 Å². The molecular weight excluding hydrogens is 444 g/mol. The monoisotopic (exact) mass is 458 g/mol. The molecule has 0 aliphatic heterocycles. The summed E-state index contributed by atoms with van der Waals surface area (Å²) in [7, 11) is 0. The van der Waals surface area contributed by atoms with Crippen LogP contribution >= 0.6 is 11.6 Å². The molecule has 0 unspecified atom stereocenters. The number of halogens is 5. The van der Waals surface area contributed by atoms with E-state index >= 15 is 0 Å². The molecule has 0 aromatic heterocycles. The van der Waals surface area contributed by atoms with E-state index in [9.17, 15) is 27.6 Å². The van der Waals surface area contributed by atoms with Gasteiger partial charge in [0.15, 0.2) is 0 Å². The summed E-state index contributed by atoms with van der Waals surface area (Å²) in [6.45, 7) is 0. The van der Waals surface area contributed by atoms with E-state index in [1.165, 1.54) is 24.3 Å². The molecule has 3 aromatic carbocycles. The fourth-order valence-corrected chi connectivity index (χ4v) is 3.21. The second-order valence-corrected chi connectivity index (χ2v) is 7.27. The molecule has 3 nitrogen and oxygen atoms in total. The molecule has 3 rings (SSSR count). The third-order valence-electron chi connectivity index (χ3n) is 4.48. The molecule has 1 amide bonds. The second-order valence-electron chi connectivity index (χ2n) is 6.86. The Balaban J connectivity index is 1.78. The van der Waals surface area contributed by atoms with Gasteiger partial charge in [-0.1, -0.05) is 41.9 Å². The molecule has 0 aliphatic rings. The third-order valence-corrected chi connectivity index (χ3v) is 4.84. The quantitative estimate of drug-likeness (QED) is 0.265. The molecule has 3 aromatic rings. The molecule has 1 N–H and O–H groups in total. The summed E-state index contributed by atoms with van der Waals surface area (Å²) in [5, 5.41) is 12.0. The summed E-state index contributed by atoms with van der Waals surface area (Å²) >= 11 is 6.30. The zero-order chi connectivity index (χ0) is 23.3. The zero-order valence-corrected chi connectivity index (χ0v) is 17.1. The zero-order valence-electron chi connectivity index (χ0n) is 16.4. The van der Waals surface area contributed by atoms with Crippen molar-refractivity contribution in [2.75, 3.05) is 5.32 Å². The summed E-state index contributed by atoms with van der Waals surface area (Å²) in [5.74, 6) is -1.21. The van der Waals surface area contributed by atoms with Crippen LogP contribution < -0.4 is 5.32 Å². The van der Waals surface area contributed by atoms with Crippen LogP contribution in [-0.2, 0) is 17.4 Å². The number of carbonyl (C=O) groups is 1. The Labute approximate surface area is 186 Å². The highest BCUT2D eigenvalue weighted by Crippen LogP contribution is 2.31. The van der Waals surface area contributed by atoms with Crippen molar-refractivity contribution in [1.82, 2.24) is 0 Å². The maximum atomic E-state index is 13.4. The Morgan fingerprint density at radius 3 is 2.47 bits per heavy atom. The number of alkyl halides is 3. The Kier molecular flexibility index (Phi) is 6.96. The molecule has 0 saturated carbocycles. The number of benzene rings is 3. The fourth-order valence-electron chi connectivity index (χ4n) is 2.95. The minimum absolute atomic E-state index is 0.0885. The number of hydrogen-bond acceptors (Lipinski definition) is 2. The van der Waals surface area contributed by atoms with Crippen LogP contribution in [0, 0.1) is 17.1 Å². The number of anilines is 1. The van der Waals surface area contributed by atoms with Crippen LogP contribution in [0.15, 0.2) is 72.3 Å². The van der Waals surface area contributed by atoms with Gasteiger partial charge in [-0.3, -0.25) is 4.79 Å². The summed E-state index contributed by atoms with van der Waals surface area (Å²) < 4.78 is 51.9. The van der Waals surface area contributed by atoms with Crippen molar-refractivity contribution in [2.24, 2.45) is 0 Å². The van der Waals surface area contributed by atoms with E-state index < -0.39 is 17.6 Å². The van der Waals surface area contributed by atoms with Gasteiger partial charge in [0.25, 0.3) is 5.91 Å². The van der Waals surface area contributed by atoms with E-state index in [-0.39, 0.29) is 17.1 Å². The van der Waals surface area contributed by atoms with E-state index in [0.717, 1.165) is 29.3 Å². The lowest BCUT2D eigenvalue weighted by molar-refractivity contribution is -0.137. The highest BCUT2D eigenvalue weighted by Gasteiger charge is 2.30. The minimum Gasteiger partial charge on any atom is -0.321 e. The highest BCUT2D eigenvalue weighted by molar-refractivity contribution is 6.31. The largest absolute Gasteiger partial charge is 0.416 e. The highest BCUT2D eigenvalue weighted by atomic mass is 35.5. The first-order valence-electron chi connectivity index (χ1n) is 9.29. The molecule has 0 heterocycles. The SMILES string of the molecule is N#C/C(=C\c1ccc(Cc2cccc(F)c2)c(Cl)c1)C(=O)Nc1cccc(C(F)(F)F)c1. The lowest BCUT2D eigenvalue weighted by Gasteiger charge is -2.10. The summed E-state index contributed by atoms with van der Waals surface area (Å²) in [6, 6.07) is 16.8. The predicted octanol–water partition coefficient (Wildman–Crippen LogP) is 6.63. The van der Waals surface area contributed by atoms with Gasteiger partial charge in [-0.05, 0) is 65.6 Å². The summed E-state index contributed by atoms with van der Waals surface area (Å²) in [6.07, 6.45) is -2.89. The van der Waals surface area contributed by atoms with Crippen LogP contribution in [0.4, 0.5) is 23.2 Å². The lowest BCUT2D eigenvalue weighted by Crippen LogP contribution is -2.14. The molecule has 0 aliphatic carbocycles. The van der Waals surface area contributed by atoms with Crippen molar-refractivity contribution in [3.63, 3.8) is 0 Å². The minimum atomic E-state index is -4.56. The number of hydrogen-bond donors (Lipinski definition) is 1. The lowest BCUT2D eigenvalue weighted by atomic mass is 10.0. The third kappa shape index (κ3) is 5.96. The van der Waals surface area contributed by atoms with Gasteiger partial charge in [0.05, 0.1) is 5.56 Å². The molecule has 0 fully saturated rings. The van der Waals surface area contributed by atoms with Gasteiger partial charge in [-0.2, -0.15) is 18.4 Å². The Morgan fingerprint density at radius 2 is 1.81 bits per heavy atom. The topological polar surface area (TPSA) is 52.9 Å². The Bertz CT molecular complexity index is 1230. The number of nitrogens with zero attached hydrogens (tertiary/aromatic N) is 1. The smallest absolute Gasteiger partial charge is 0.321 e. The van der Waals surface area contributed by atoms with E-state index in [1.54, 1.807) is 36.4 Å². The normalized spacial score (nSPS) is 11.7.